The van der Waals surface area contributed by atoms with E-state index < -0.39 is 0 Å². The number of hydrogen-bond donors (Lipinski definition) is 1. The Bertz CT molecular complexity index is 925. The van der Waals surface area contributed by atoms with Gasteiger partial charge in [-0.15, -0.1) is 0 Å². The number of halogens is 2. The highest BCUT2D eigenvalue weighted by Gasteiger charge is 2.20. The van der Waals surface area contributed by atoms with E-state index in [1.54, 1.807) is 6.07 Å². The summed E-state index contributed by atoms with van der Waals surface area (Å²) in [4.78, 5) is 2.25. The molecule has 1 aliphatic rings. The van der Waals surface area contributed by atoms with E-state index in [0.29, 0.717) is 6.04 Å². The molecule has 1 aliphatic carbocycles. The van der Waals surface area contributed by atoms with Crippen LogP contribution in [0.1, 0.15) is 97.9 Å². The molecule has 0 atom stereocenters. The molecule has 0 radical (unpaired) electrons. The van der Waals surface area contributed by atoms with Crippen LogP contribution in [0.4, 0.5) is 4.39 Å². The van der Waals surface area contributed by atoms with Gasteiger partial charge in [0.25, 0.3) is 0 Å². The van der Waals surface area contributed by atoms with E-state index in [4.69, 9.17) is 17.3 Å². The fourth-order valence-electron chi connectivity index (χ4n) is 4.79. The number of benzene rings is 1. The summed E-state index contributed by atoms with van der Waals surface area (Å²) >= 11 is 6.08. The third kappa shape index (κ3) is 9.56. The van der Waals surface area contributed by atoms with Gasteiger partial charge in [0, 0.05) is 35.7 Å². The Morgan fingerprint density at radius 3 is 2.43 bits per heavy atom. The monoisotopic (exact) mass is 503 g/mol. The van der Waals surface area contributed by atoms with Crippen LogP contribution in [0.15, 0.2) is 53.5 Å². The third-order valence-corrected chi connectivity index (χ3v) is 7.22. The molecule has 1 saturated carbocycles. The molecule has 3 rings (SSSR count). The topological polar surface area (TPSA) is 34.2 Å². The van der Waals surface area contributed by atoms with Crippen molar-refractivity contribution in [2.24, 2.45) is 11.7 Å². The molecule has 196 valence electrons. The molecular weight excluding hydrogens is 457 g/mol. The van der Waals surface area contributed by atoms with E-state index in [0.717, 1.165) is 60.0 Å². The molecule has 1 aromatic carbocycles. The quantitative estimate of drug-likeness (QED) is 0.245. The Morgan fingerprint density at radius 1 is 1.03 bits per heavy atom. The molecule has 1 fully saturated rings. The third-order valence-electron chi connectivity index (χ3n) is 6.90. The Hall–Kier alpha value is -1.94. The molecule has 0 unspecified atom stereocenters. The van der Waals surface area contributed by atoms with Crippen LogP contribution in [0.3, 0.4) is 0 Å². The summed E-state index contributed by atoms with van der Waals surface area (Å²) in [5.41, 5.74) is 7.16. The first-order valence-electron chi connectivity index (χ1n) is 13.7. The summed E-state index contributed by atoms with van der Waals surface area (Å²) < 4.78 is 15.9. The van der Waals surface area contributed by atoms with Crippen molar-refractivity contribution >= 4 is 22.5 Å². The van der Waals surface area contributed by atoms with Crippen molar-refractivity contribution in [3.8, 4) is 0 Å². The Balaban J connectivity index is 0.000000247. The molecular formula is C30H47ClFN3. The minimum Gasteiger partial charge on any atom is -0.385 e. The first-order valence-corrected chi connectivity index (χ1v) is 14.1. The highest BCUT2D eigenvalue weighted by molar-refractivity contribution is 6.29. The van der Waals surface area contributed by atoms with E-state index in [-0.39, 0.29) is 5.82 Å². The fraction of sp³-hybridized carbons (Fsp3) is 0.600. The predicted molar refractivity (Wildman–Crippen MR) is 151 cm³/mol. The van der Waals surface area contributed by atoms with Crippen molar-refractivity contribution in [2.45, 2.75) is 97.9 Å². The van der Waals surface area contributed by atoms with Gasteiger partial charge in [0.15, 0.2) is 0 Å². The van der Waals surface area contributed by atoms with Gasteiger partial charge in [0.1, 0.15) is 5.82 Å². The number of nitrogens with zero attached hydrogens (tertiary/aromatic N) is 2. The highest BCUT2D eigenvalue weighted by Crippen LogP contribution is 2.34. The predicted octanol–water partition coefficient (Wildman–Crippen LogP) is 9.14. The maximum Gasteiger partial charge on any atom is 0.132 e. The van der Waals surface area contributed by atoms with E-state index in [9.17, 15) is 4.39 Å². The summed E-state index contributed by atoms with van der Waals surface area (Å²) in [5, 5.41) is 1.64. The second-order valence-corrected chi connectivity index (χ2v) is 10.4. The molecule has 0 bridgehead atoms. The van der Waals surface area contributed by atoms with E-state index in [1.165, 1.54) is 51.0 Å². The number of unbranched alkanes of at least 4 members (excludes halogenated alkanes) is 2. The summed E-state index contributed by atoms with van der Waals surface area (Å²) in [6, 6.07) is 7.83. The lowest BCUT2D eigenvalue weighted by molar-refractivity contribution is 0.294. The first kappa shape index (κ1) is 29.3. The molecule has 35 heavy (non-hydrogen) atoms. The number of allylic oxidation sites excluding steroid dienone is 3. The largest absolute Gasteiger partial charge is 0.385 e. The van der Waals surface area contributed by atoms with Crippen molar-refractivity contribution in [2.75, 3.05) is 13.1 Å². The molecule has 1 aromatic heterocycles. The second kappa shape index (κ2) is 15.9. The lowest BCUT2D eigenvalue weighted by atomic mass is 9.87. The van der Waals surface area contributed by atoms with Gasteiger partial charge >= 0.3 is 0 Å². The average molecular weight is 504 g/mol. The molecule has 2 N–H and O–H groups in total. The minimum atomic E-state index is -0.106. The molecule has 5 heteroatoms. The van der Waals surface area contributed by atoms with Gasteiger partial charge in [-0.2, -0.15) is 0 Å². The molecule has 0 aliphatic heterocycles. The van der Waals surface area contributed by atoms with Gasteiger partial charge in [-0.1, -0.05) is 64.6 Å². The van der Waals surface area contributed by atoms with Crippen molar-refractivity contribution in [1.82, 2.24) is 9.47 Å². The van der Waals surface area contributed by atoms with Crippen molar-refractivity contribution in [3.63, 3.8) is 0 Å². The Morgan fingerprint density at radius 2 is 1.77 bits per heavy atom. The summed E-state index contributed by atoms with van der Waals surface area (Å²) in [5.74, 6) is 1.58. The van der Waals surface area contributed by atoms with E-state index in [1.807, 2.05) is 24.3 Å². The number of nitrogens with two attached hydrogens (primary N) is 1. The van der Waals surface area contributed by atoms with Crippen LogP contribution >= 0.6 is 11.6 Å². The Kier molecular flexibility index (Phi) is 13.3. The summed E-state index contributed by atoms with van der Waals surface area (Å²) in [7, 11) is 0. The van der Waals surface area contributed by atoms with Crippen LogP contribution in [-0.4, -0.2) is 22.6 Å². The maximum absolute atomic E-state index is 13.6. The lowest BCUT2D eigenvalue weighted by Crippen LogP contribution is -2.29. The maximum atomic E-state index is 13.6. The van der Waals surface area contributed by atoms with Crippen molar-refractivity contribution in [1.29, 1.82) is 0 Å². The summed E-state index contributed by atoms with van der Waals surface area (Å²) in [6.45, 7) is 10.9. The first-order chi connectivity index (χ1) is 16.9. The van der Waals surface area contributed by atoms with Gasteiger partial charge in [-0.05, 0) is 81.2 Å². The van der Waals surface area contributed by atoms with Crippen LogP contribution in [0.5, 0.6) is 0 Å². The number of rotatable bonds is 11. The van der Waals surface area contributed by atoms with Gasteiger partial charge < -0.3 is 15.2 Å². The zero-order valence-corrected chi connectivity index (χ0v) is 23.2. The van der Waals surface area contributed by atoms with Crippen LogP contribution in [0.2, 0.25) is 0 Å². The highest BCUT2D eigenvalue weighted by atomic mass is 35.5. The molecule has 0 amide bonds. The zero-order chi connectivity index (χ0) is 25.6. The smallest absolute Gasteiger partial charge is 0.132 e. The minimum absolute atomic E-state index is 0.106. The molecule has 3 nitrogen and oxygen atoms in total. The van der Waals surface area contributed by atoms with Crippen LogP contribution in [0.25, 0.3) is 10.9 Å². The average Bonchev–Trinajstić information content (AvgIpc) is 3.29. The normalized spacial score (nSPS) is 18.9. The van der Waals surface area contributed by atoms with E-state index in [2.05, 4.69) is 43.4 Å². The molecule has 0 saturated heterocycles. The van der Waals surface area contributed by atoms with E-state index >= 15 is 0 Å². The van der Waals surface area contributed by atoms with Gasteiger partial charge in [-0.25, -0.2) is 4.39 Å². The molecule has 2 aromatic rings. The molecule has 1 heterocycles. The van der Waals surface area contributed by atoms with Crippen molar-refractivity contribution < 1.29 is 4.39 Å². The van der Waals surface area contributed by atoms with Crippen LogP contribution in [-0.2, 0) is 0 Å². The fourth-order valence-corrected chi connectivity index (χ4v) is 5.04. The zero-order valence-electron chi connectivity index (χ0n) is 22.4. The number of aromatic nitrogens is 1. The van der Waals surface area contributed by atoms with Crippen molar-refractivity contribution in [3.05, 3.63) is 59.3 Å². The van der Waals surface area contributed by atoms with Crippen LogP contribution in [0, 0.1) is 11.7 Å². The number of hydrogen-bond acceptors (Lipinski definition) is 2. The second-order valence-electron chi connectivity index (χ2n) is 9.96. The molecule has 0 spiro atoms. The Labute approximate surface area is 218 Å². The summed E-state index contributed by atoms with van der Waals surface area (Å²) in [6.07, 6.45) is 17.8. The van der Waals surface area contributed by atoms with Gasteiger partial charge in [0.05, 0.1) is 11.3 Å². The lowest BCUT2D eigenvalue weighted by Gasteiger charge is -2.28. The standard InChI is InChI=1S/C15H29ClN2.C15H18FN/c1-4-7-8-13-18(12-6-3)15(17)11-10-14(16)9-5-2;1-11-5-7-12(8-6-11)17-10-9-13-14(16)3-2-4-15(13)17/h10-11H,4-9,12-13,17H2,1-3H3;2-4,9-12H,5-8H2,1H3/b14-10+,15-11+;. The number of fused-ring (bicyclic) bond motifs is 1. The van der Waals surface area contributed by atoms with Crippen LogP contribution < -0.4 is 5.73 Å². The van der Waals surface area contributed by atoms with Gasteiger partial charge in [-0.3, -0.25) is 0 Å². The van der Waals surface area contributed by atoms with Gasteiger partial charge in [0.2, 0.25) is 0 Å². The SMILES string of the molecule is CC1CCC(n2ccc3c(F)cccc32)CC1.CCCCCN(CCC)/C(N)=C/C=C(/Cl)CCC.